The van der Waals surface area contributed by atoms with Gasteiger partial charge in [0.25, 0.3) is 0 Å². The Kier molecular flexibility index (Phi) is 15.0. The molecule has 12 nitrogen and oxygen atoms in total. The molecule has 0 radical (unpaired) electrons. The first-order valence-electron chi connectivity index (χ1n) is 12.0. The predicted octanol–water partition coefficient (Wildman–Crippen LogP) is -2.08. The van der Waals surface area contributed by atoms with E-state index in [0.717, 1.165) is 0 Å². The van der Waals surface area contributed by atoms with Crippen LogP contribution in [0, 0.1) is 0 Å². The molecule has 0 aromatic heterocycles. The monoisotopic (exact) mass is 486 g/mol. The summed E-state index contributed by atoms with van der Waals surface area (Å²) < 4.78 is 9.84. The second kappa shape index (κ2) is 17.2. The maximum atomic E-state index is 12.3. The predicted molar refractivity (Wildman–Crippen MR) is 127 cm³/mol. The van der Waals surface area contributed by atoms with Gasteiger partial charge in [-0.05, 0) is 27.7 Å². The van der Waals surface area contributed by atoms with Gasteiger partial charge in [-0.25, -0.2) is 9.59 Å². The lowest BCUT2D eigenvalue weighted by molar-refractivity contribution is -0.147. The summed E-state index contributed by atoms with van der Waals surface area (Å²) in [6, 6.07) is -1.36. The highest BCUT2D eigenvalue weighted by Crippen LogP contribution is 1.94. The van der Waals surface area contributed by atoms with Gasteiger partial charge in [0, 0.05) is 52.4 Å². The quantitative estimate of drug-likeness (QED) is 0.254. The molecule has 34 heavy (non-hydrogen) atoms. The van der Waals surface area contributed by atoms with Crippen LogP contribution in [0.4, 0.5) is 0 Å². The molecule has 2 atom stereocenters. The fraction of sp³-hybridized carbons (Fsp3) is 0.818. The minimum Gasteiger partial charge on any atom is -0.464 e. The first-order valence-corrected chi connectivity index (χ1v) is 12.0. The van der Waals surface area contributed by atoms with E-state index in [4.69, 9.17) is 9.47 Å². The van der Waals surface area contributed by atoms with Gasteiger partial charge in [0.1, 0.15) is 12.1 Å². The number of nitrogens with zero attached hydrogens (tertiary/aromatic N) is 2. The van der Waals surface area contributed by atoms with E-state index in [1.807, 2.05) is 9.80 Å². The van der Waals surface area contributed by atoms with Gasteiger partial charge < -0.3 is 30.7 Å². The molecule has 1 rings (SSSR count). The van der Waals surface area contributed by atoms with Crippen molar-refractivity contribution in [1.82, 2.24) is 31.1 Å². The Bertz CT molecular complexity index is 583. The molecule has 2 unspecified atom stereocenters. The lowest BCUT2D eigenvalue weighted by Gasteiger charge is -2.26. The van der Waals surface area contributed by atoms with E-state index in [9.17, 15) is 19.2 Å². The van der Waals surface area contributed by atoms with Crippen molar-refractivity contribution in [2.45, 2.75) is 39.8 Å². The Morgan fingerprint density at radius 3 is 1.32 bits per heavy atom. The van der Waals surface area contributed by atoms with Crippen LogP contribution in [0.2, 0.25) is 0 Å². The minimum absolute atomic E-state index is 0.193. The molecule has 0 aromatic rings. The number of rotatable bonds is 10. The Morgan fingerprint density at radius 1 is 0.706 bits per heavy atom. The number of carbonyl (C=O) groups is 4. The number of hydrogen-bond donors (Lipinski definition) is 4. The summed E-state index contributed by atoms with van der Waals surface area (Å²) in [4.78, 5) is 52.1. The molecule has 1 saturated heterocycles. The summed E-state index contributed by atoms with van der Waals surface area (Å²) in [6.45, 7) is 13.0. The van der Waals surface area contributed by atoms with Crippen LogP contribution in [-0.4, -0.2) is 124 Å². The summed E-state index contributed by atoms with van der Waals surface area (Å²) in [5, 5.41) is 12.1. The third kappa shape index (κ3) is 12.8. The summed E-state index contributed by atoms with van der Waals surface area (Å²) >= 11 is 0. The van der Waals surface area contributed by atoms with Crippen LogP contribution >= 0.6 is 0 Å². The van der Waals surface area contributed by atoms with Gasteiger partial charge in [0.15, 0.2) is 0 Å². The molecule has 1 aliphatic heterocycles. The fourth-order valence-electron chi connectivity index (χ4n) is 3.37. The van der Waals surface area contributed by atoms with E-state index in [1.165, 1.54) is 0 Å². The molecule has 0 saturated carbocycles. The number of esters is 2. The van der Waals surface area contributed by atoms with Gasteiger partial charge in [-0.2, -0.15) is 0 Å². The van der Waals surface area contributed by atoms with Crippen molar-refractivity contribution in [2.75, 3.05) is 78.7 Å². The first kappa shape index (κ1) is 29.8. The first-order chi connectivity index (χ1) is 16.3. The second-order valence-corrected chi connectivity index (χ2v) is 8.13. The molecule has 0 aliphatic carbocycles. The average molecular weight is 487 g/mol. The lowest BCUT2D eigenvalue weighted by atomic mass is 10.3. The third-order valence-corrected chi connectivity index (χ3v) is 5.19. The summed E-state index contributed by atoms with van der Waals surface area (Å²) in [6.07, 6.45) is 0. The van der Waals surface area contributed by atoms with Crippen LogP contribution in [-0.2, 0) is 28.7 Å². The third-order valence-electron chi connectivity index (χ3n) is 5.19. The van der Waals surface area contributed by atoms with Crippen LogP contribution < -0.4 is 21.3 Å². The Balaban J connectivity index is 2.43. The molecule has 1 fully saturated rings. The summed E-state index contributed by atoms with van der Waals surface area (Å²) in [5.41, 5.74) is 0. The number of hydrogen-bond acceptors (Lipinski definition) is 10. The molecule has 12 heteroatoms. The summed E-state index contributed by atoms with van der Waals surface area (Å²) in [7, 11) is 0. The Morgan fingerprint density at radius 2 is 1.03 bits per heavy atom. The van der Waals surface area contributed by atoms with Crippen molar-refractivity contribution >= 4 is 23.8 Å². The van der Waals surface area contributed by atoms with Crippen molar-refractivity contribution in [3.63, 3.8) is 0 Å². The van der Waals surface area contributed by atoms with Crippen molar-refractivity contribution < 1.29 is 28.7 Å². The Labute approximate surface area is 202 Å². The lowest BCUT2D eigenvalue weighted by Crippen LogP contribution is -2.49. The van der Waals surface area contributed by atoms with Gasteiger partial charge in [0.2, 0.25) is 11.8 Å². The molecule has 4 N–H and O–H groups in total. The average Bonchev–Trinajstić information content (AvgIpc) is 2.77. The van der Waals surface area contributed by atoms with Crippen molar-refractivity contribution in [1.29, 1.82) is 0 Å². The van der Waals surface area contributed by atoms with Gasteiger partial charge in [0.05, 0.1) is 26.3 Å². The molecule has 0 aromatic carbocycles. The zero-order chi connectivity index (χ0) is 25.3. The maximum absolute atomic E-state index is 12.3. The van der Waals surface area contributed by atoms with Crippen LogP contribution in [0.25, 0.3) is 0 Å². The van der Waals surface area contributed by atoms with Gasteiger partial charge in [-0.3, -0.25) is 19.4 Å². The maximum Gasteiger partial charge on any atom is 0.328 e. The number of amides is 2. The highest BCUT2D eigenvalue weighted by atomic mass is 16.5. The van der Waals surface area contributed by atoms with Crippen molar-refractivity contribution in [3.8, 4) is 0 Å². The molecular weight excluding hydrogens is 444 g/mol. The minimum atomic E-state index is -0.681. The summed E-state index contributed by atoms with van der Waals surface area (Å²) in [5.74, 6) is -1.33. The molecule has 0 bridgehead atoms. The molecule has 1 heterocycles. The topological polar surface area (TPSA) is 141 Å². The SMILES string of the molecule is CCOC(=O)C(C)NC(=O)CN1CCNCCN(CC(=O)NC(C)C(=O)OCC)CCNCC1. The van der Waals surface area contributed by atoms with E-state index in [2.05, 4.69) is 21.3 Å². The number of ether oxygens (including phenoxy) is 2. The van der Waals surface area contributed by atoms with E-state index >= 15 is 0 Å². The fourth-order valence-corrected chi connectivity index (χ4v) is 3.37. The normalized spacial score (nSPS) is 18.5. The van der Waals surface area contributed by atoms with Gasteiger partial charge in [-0.15, -0.1) is 0 Å². The van der Waals surface area contributed by atoms with Crippen LogP contribution in [0.5, 0.6) is 0 Å². The van der Waals surface area contributed by atoms with E-state index in [0.29, 0.717) is 52.4 Å². The highest BCUT2D eigenvalue weighted by molar-refractivity contribution is 5.85. The zero-order valence-corrected chi connectivity index (χ0v) is 21.0. The van der Waals surface area contributed by atoms with Crippen LogP contribution in [0.15, 0.2) is 0 Å². The molecule has 2 amide bonds. The largest absolute Gasteiger partial charge is 0.464 e. The number of nitrogens with one attached hydrogen (secondary N) is 4. The second-order valence-electron chi connectivity index (χ2n) is 8.13. The van der Waals surface area contributed by atoms with Crippen LogP contribution in [0.1, 0.15) is 27.7 Å². The van der Waals surface area contributed by atoms with Crippen molar-refractivity contribution in [2.24, 2.45) is 0 Å². The highest BCUT2D eigenvalue weighted by Gasteiger charge is 2.20. The Hall–Kier alpha value is -2.28. The van der Waals surface area contributed by atoms with Gasteiger partial charge >= 0.3 is 11.9 Å². The number of carbonyl (C=O) groups excluding carboxylic acids is 4. The molecule has 1 aliphatic rings. The molecule has 196 valence electrons. The molecule has 0 spiro atoms. The van der Waals surface area contributed by atoms with E-state index < -0.39 is 24.0 Å². The standard InChI is InChI=1S/C22H42N6O6/c1-5-33-21(31)17(3)25-19(29)15-27-11-7-23-9-13-28(14-10-24-8-12-27)16-20(30)26-18(4)22(32)34-6-2/h17-18,23-24H,5-16H2,1-4H3,(H,25,29)(H,26,30). The van der Waals surface area contributed by atoms with Crippen LogP contribution in [0.3, 0.4) is 0 Å². The van der Waals surface area contributed by atoms with E-state index in [-0.39, 0.29) is 38.1 Å². The van der Waals surface area contributed by atoms with Gasteiger partial charge in [-0.1, -0.05) is 0 Å². The zero-order valence-electron chi connectivity index (χ0n) is 21.0. The van der Waals surface area contributed by atoms with Crippen molar-refractivity contribution in [3.05, 3.63) is 0 Å². The van der Waals surface area contributed by atoms with E-state index in [1.54, 1.807) is 27.7 Å². The smallest absolute Gasteiger partial charge is 0.328 e. The molecular formula is C22H42N6O6.